The van der Waals surface area contributed by atoms with E-state index in [9.17, 15) is 4.79 Å². The van der Waals surface area contributed by atoms with Crippen LogP contribution in [0, 0.1) is 0 Å². The second kappa shape index (κ2) is 7.01. The van der Waals surface area contributed by atoms with Gasteiger partial charge >= 0.3 is 0 Å². The number of hydrogen-bond donors (Lipinski definition) is 1. The molecule has 4 rings (SSSR count). The van der Waals surface area contributed by atoms with Crippen LogP contribution >= 0.6 is 0 Å². The van der Waals surface area contributed by atoms with Gasteiger partial charge in [-0.1, -0.05) is 12.1 Å². The highest BCUT2D eigenvalue weighted by atomic mass is 16.5. The molecule has 1 atom stereocenters. The Balaban J connectivity index is 1.36. The summed E-state index contributed by atoms with van der Waals surface area (Å²) in [6, 6.07) is 8.01. The van der Waals surface area contributed by atoms with Crippen LogP contribution in [0.15, 0.2) is 24.3 Å². The van der Waals surface area contributed by atoms with E-state index >= 15 is 0 Å². The highest BCUT2D eigenvalue weighted by Gasteiger charge is 2.30. The lowest BCUT2D eigenvalue weighted by atomic mass is 10.2. The molecule has 0 bridgehead atoms. The Labute approximate surface area is 147 Å². The molecule has 2 fully saturated rings. The Hall–Kier alpha value is -2.12. The van der Waals surface area contributed by atoms with Crippen molar-refractivity contribution in [3.05, 3.63) is 24.3 Å². The van der Waals surface area contributed by atoms with E-state index in [1.54, 1.807) is 0 Å². The van der Waals surface area contributed by atoms with Gasteiger partial charge in [0, 0.05) is 39.3 Å². The molecule has 3 heterocycles. The summed E-state index contributed by atoms with van der Waals surface area (Å²) in [5, 5.41) is 0. The van der Waals surface area contributed by atoms with Gasteiger partial charge < -0.3 is 19.5 Å². The van der Waals surface area contributed by atoms with Crippen molar-refractivity contribution in [2.24, 2.45) is 0 Å². The number of carbonyl (C=O) groups excluding carboxylic acids is 1. The van der Waals surface area contributed by atoms with Crippen LogP contribution in [0.2, 0.25) is 0 Å². The summed E-state index contributed by atoms with van der Waals surface area (Å²) < 4.78 is 5.34. The fourth-order valence-electron chi connectivity index (χ4n) is 3.61. The number of aromatic amines is 1. The van der Waals surface area contributed by atoms with E-state index in [0.717, 1.165) is 43.2 Å². The van der Waals surface area contributed by atoms with Crippen LogP contribution in [0.4, 0.5) is 5.95 Å². The standard InChI is InChI=1S/C18H25N5O2/c1-14(17(24)22-10-12-25-13-11-22)21-6-8-23(9-7-21)18-19-15-4-2-3-5-16(15)20-18/h2-5,14H,6-13H2,1H3,(H,19,20)/t14-/m1/s1. The van der Waals surface area contributed by atoms with Gasteiger partial charge in [-0.3, -0.25) is 9.69 Å². The van der Waals surface area contributed by atoms with Gasteiger partial charge in [0.2, 0.25) is 11.9 Å². The summed E-state index contributed by atoms with van der Waals surface area (Å²) in [7, 11) is 0. The minimum absolute atomic E-state index is 0.0732. The maximum atomic E-state index is 12.7. The summed E-state index contributed by atoms with van der Waals surface area (Å²) in [6.07, 6.45) is 0. The first-order chi connectivity index (χ1) is 12.2. The summed E-state index contributed by atoms with van der Waals surface area (Å²) in [5.41, 5.74) is 2.06. The predicted octanol–water partition coefficient (Wildman–Crippen LogP) is 0.932. The number of ether oxygens (including phenoxy) is 1. The first-order valence-electron chi connectivity index (χ1n) is 9.02. The minimum atomic E-state index is -0.0732. The Morgan fingerprint density at radius 3 is 2.56 bits per heavy atom. The Bertz CT molecular complexity index is 699. The molecule has 1 aromatic heterocycles. The fourth-order valence-corrected chi connectivity index (χ4v) is 3.61. The number of anilines is 1. The quantitative estimate of drug-likeness (QED) is 0.898. The van der Waals surface area contributed by atoms with Crippen LogP contribution < -0.4 is 4.90 Å². The Kier molecular flexibility index (Phi) is 4.59. The van der Waals surface area contributed by atoms with Crippen LogP contribution in [0.5, 0.6) is 0 Å². The molecule has 0 radical (unpaired) electrons. The number of carbonyl (C=O) groups is 1. The molecular weight excluding hydrogens is 318 g/mol. The van der Waals surface area contributed by atoms with Crippen molar-refractivity contribution < 1.29 is 9.53 Å². The minimum Gasteiger partial charge on any atom is -0.378 e. The Morgan fingerprint density at radius 2 is 1.84 bits per heavy atom. The zero-order valence-electron chi connectivity index (χ0n) is 14.6. The fraction of sp³-hybridized carbons (Fsp3) is 0.556. The van der Waals surface area contributed by atoms with Crippen LogP contribution in [0.25, 0.3) is 11.0 Å². The van der Waals surface area contributed by atoms with Gasteiger partial charge in [0.1, 0.15) is 0 Å². The molecule has 2 aliphatic heterocycles. The van der Waals surface area contributed by atoms with E-state index in [0.29, 0.717) is 26.3 Å². The molecule has 2 aromatic rings. The normalized spacial score (nSPS) is 20.8. The largest absolute Gasteiger partial charge is 0.378 e. The van der Waals surface area contributed by atoms with Crippen LogP contribution in [-0.4, -0.2) is 84.2 Å². The Morgan fingerprint density at radius 1 is 1.12 bits per heavy atom. The van der Waals surface area contributed by atoms with Gasteiger partial charge in [0.25, 0.3) is 0 Å². The van der Waals surface area contributed by atoms with Crippen molar-refractivity contribution in [2.75, 3.05) is 57.4 Å². The van der Waals surface area contributed by atoms with Crippen molar-refractivity contribution in [2.45, 2.75) is 13.0 Å². The van der Waals surface area contributed by atoms with Gasteiger partial charge in [-0.2, -0.15) is 0 Å². The van der Waals surface area contributed by atoms with E-state index in [2.05, 4.69) is 19.8 Å². The first kappa shape index (κ1) is 16.4. The smallest absolute Gasteiger partial charge is 0.239 e. The van der Waals surface area contributed by atoms with Crippen LogP contribution in [-0.2, 0) is 9.53 Å². The molecule has 7 nitrogen and oxygen atoms in total. The third-order valence-corrected chi connectivity index (χ3v) is 5.22. The second-order valence-electron chi connectivity index (χ2n) is 6.71. The highest BCUT2D eigenvalue weighted by Crippen LogP contribution is 2.19. The molecule has 0 spiro atoms. The summed E-state index contributed by atoms with van der Waals surface area (Å²) in [6.45, 7) is 8.24. The molecule has 2 aliphatic rings. The highest BCUT2D eigenvalue weighted by molar-refractivity contribution is 5.81. The molecule has 1 N–H and O–H groups in total. The van der Waals surface area contributed by atoms with Gasteiger partial charge in [-0.15, -0.1) is 0 Å². The van der Waals surface area contributed by atoms with Gasteiger partial charge in [-0.05, 0) is 19.1 Å². The number of fused-ring (bicyclic) bond motifs is 1. The topological polar surface area (TPSA) is 64.7 Å². The molecule has 1 aromatic carbocycles. The van der Waals surface area contributed by atoms with E-state index in [1.165, 1.54) is 0 Å². The van der Waals surface area contributed by atoms with E-state index in [4.69, 9.17) is 4.74 Å². The van der Waals surface area contributed by atoms with Crippen molar-refractivity contribution in [1.82, 2.24) is 19.8 Å². The lowest BCUT2D eigenvalue weighted by Crippen LogP contribution is -2.56. The molecule has 0 saturated carbocycles. The molecule has 0 aliphatic carbocycles. The number of H-pyrrole nitrogens is 1. The van der Waals surface area contributed by atoms with Crippen molar-refractivity contribution in [3.63, 3.8) is 0 Å². The monoisotopic (exact) mass is 343 g/mol. The van der Waals surface area contributed by atoms with Gasteiger partial charge in [-0.25, -0.2) is 4.98 Å². The number of amides is 1. The zero-order valence-corrected chi connectivity index (χ0v) is 14.6. The second-order valence-corrected chi connectivity index (χ2v) is 6.71. The number of nitrogens with zero attached hydrogens (tertiary/aromatic N) is 4. The molecule has 7 heteroatoms. The van der Waals surface area contributed by atoms with E-state index < -0.39 is 0 Å². The number of imidazole rings is 1. The zero-order chi connectivity index (χ0) is 17.2. The average Bonchev–Trinajstić information content (AvgIpc) is 3.12. The lowest BCUT2D eigenvalue weighted by Gasteiger charge is -2.39. The molecule has 0 unspecified atom stereocenters. The van der Waals surface area contributed by atoms with E-state index in [-0.39, 0.29) is 11.9 Å². The van der Waals surface area contributed by atoms with Crippen LogP contribution in [0.1, 0.15) is 6.92 Å². The summed E-state index contributed by atoms with van der Waals surface area (Å²) >= 11 is 0. The number of hydrogen-bond acceptors (Lipinski definition) is 5. The average molecular weight is 343 g/mol. The number of aromatic nitrogens is 2. The number of para-hydroxylation sites is 2. The summed E-state index contributed by atoms with van der Waals surface area (Å²) in [5.74, 6) is 1.15. The van der Waals surface area contributed by atoms with Crippen LogP contribution in [0.3, 0.4) is 0 Å². The number of morpholine rings is 1. The number of rotatable bonds is 3. The SMILES string of the molecule is C[C@H](C(=O)N1CCOCC1)N1CCN(c2nc3ccccc3[nH]2)CC1. The van der Waals surface area contributed by atoms with Crippen molar-refractivity contribution in [1.29, 1.82) is 0 Å². The van der Waals surface area contributed by atoms with Gasteiger partial charge in [0.15, 0.2) is 0 Å². The van der Waals surface area contributed by atoms with Gasteiger partial charge in [0.05, 0.1) is 30.3 Å². The van der Waals surface area contributed by atoms with Crippen molar-refractivity contribution in [3.8, 4) is 0 Å². The van der Waals surface area contributed by atoms with Crippen molar-refractivity contribution >= 4 is 22.9 Å². The summed E-state index contributed by atoms with van der Waals surface area (Å²) in [4.78, 5) is 27.2. The first-order valence-corrected chi connectivity index (χ1v) is 9.02. The molecule has 134 valence electrons. The maximum absolute atomic E-state index is 12.7. The number of piperazine rings is 1. The molecule has 25 heavy (non-hydrogen) atoms. The molecule has 1 amide bonds. The maximum Gasteiger partial charge on any atom is 0.239 e. The molecular formula is C18H25N5O2. The number of benzene rings is 1. The van der Waals surface area contributed by atoms with E-state index in [1.807, 2.05) is 36.1 Å². The number of nitrogens with one attached hydrogen (secondary N) is 1. The molecule has 2 saturated heterocycles. The predicted molar refractivity (Wildman–Crippen MR) is 96.7 cm³/mol. The third-order valence-electron chi connectivity index (χ3n) is 5.22. The third kappa shape index (κ3) is 3.34. The lowest BCUT2D eigenvalue weighted by molar-refractivity contribution is -0.140.